The predicted octanol–water partition coefficient (Wildman–Crippen LogP) is 6.03. The van der Waals surface area contributed by atoms with E-state index in [0.717, 1.165) is 12.1 Å². The van der Waals surface area contributed by atoms with Crippen LogP contribution in [0.4, 0.5) is 28.4 Å². The second-order valence-corrected chi connectivity index (χ2v) is 13.2. The average Bonchev–Trinajstić information content (AvgIpc) is 3.01. The standard InChI is InChI=1S/C24H22N6O13S4/c1-26-11-12-2-7-16(18(8-12)46(34,35)36)28-30-23-19(47(37,38)39)10-13-9-17(45-43-41-33)22(21(25)20(13)24(23)31)29-27-14-3-5-15(6-4-14)44-42-40-32/h2-10,26,31-33H,11,25H2,1H3,(H,34,35,36)(H,37,38,39)/b29-27+,30-28+. The molecule has 4 rings (SSSR count). The first-order valence-electron chi connectivity index (χ1n) is 12.4. The molecule has 47 heavy (non-hydrogen) atoms. The van der Waals surface area contributed by atoms with E-state index in [1.165, 1.54) is 30.3 Å². The van der Waals surface area contributed by atoms with E-state index in [1.807, 2.05) is 0 Å². The third kappa shape index (κ3) is 8.76. The lowest BCUT2D eigenvalue weighted by Crippen LogP contribution is -2.06. The number of nitrogens with zero attached hydrogens (tertiary/aromatic N) is 4. The SMILES string of the molecule is CNCc1ccc(/N=N/c2c(S(=O)(=O)O)cc3cc(SOOO)c(/N=N/c4ccc(SOOO)cc4)c(N)c3c2O)c(S(=O)(=O)O)c1. The van der Waals surface area contributed by atoms with Crippen LogP contribution in [0.25, 0.3) is 10.8 Å². The van der Waals surface area contributed by atoms with E-state index in [2.05, 4.69) is 44.5 Å². The summed E-state index contributed by atoms with van der Waals surface area (Å²) in [7, 11) is -8.35. The first-order valence-corrected chi connectivity index (χ1v) is 16.7. The lowest BCUT2D eigenvalue weighted by atomic mass is 10.1. The molecule has 0 atom stereocenters. The summed E-state index contributed by atoms with van der Waals surface area (Å²) in [6.45, 7) is 0.229. The van der Waals surface area contributed by atoms with Crippen molar-refractivity contribution >= 4 is 83.5 Å². The van der Waals surface area contributed by atoms with Crippen molar-refractivity contribution in [3.63, 3.8) is 0 Å². The Balaban J connectivity index is 1.91. The van der Waals surface area contributed by atoms with Crippen LogP contribution in [0.5, 0.6) is 5.75 Å². The highest BCUT2D eigenvalue weighted by atomic mass is 32.2. The maximum atomic E-state index is 12.4. The number of azo groups is 2. The number of hydrogen-bond donors (Lipinski definition) is 7. The van der Waals surface area contributed by atoms with Gasteiger partial charge in [0.05, 0.1) is 45.7 Å². The molecule has 0 radical (unpaired) electrons. The van der Waals surface area contributed by atoms with E-state index < -0.39 is 47.2 Å². The number of benzene rings is 4. The van der Waals surface area contributed by atoms with Gasteiger partial charge in [0.25, 0.3) is 20.2 Å². The van der Waals surface area contributed by atoms with Crippen LogP contribution in [-0.2, 0) is 45.5 Å². The first kappa shape index (κ1) is 36.0. The Kier molecular flexibility index (Phi) is 11.8. The van der Waals surface area contributed by atoms with Crippen LogP contribution in [0, 0.1) is 0 Å². The molecule has 250 valence electrons. The van der Waals surface area contributed by atoms with Gasteiger partial charge in [-0.2, -0.15) is 21.9 Å². The summed E-state index contributed by atoms with van der Waals surface area (Å²) in [5.74, 6) is -0.920. The number of nitrogens with one attached hydrogen (secondary N) is 1. The minimum atomic E-state index is -5.12. The summed E-state index contributed by atoms with van der Waals surface area (Å²) >= 11 is 1.08. The molecule has 4 aromatic rings. The number of aromatic hydroxyl groups is 1. The van der Waals surface area contributed by atoms with Crippen molar-refractivity contribution in [1.29, 1.82) is 0 Å². The molecule has 0 aliphatic heterocycles. The molecular weight excluding hydrogens is 709 g/mol. The number of phenols is 1. The van der Waals surface area contributed by atoms with Crippen LogP contribution in [-0.4, -0.2) is 48.6 Å². The molecule has 23 heteroatoms. The van der Waals surface area contributed by atoms with Crippen molar-refractivity contribution in [2.24, 2.45) is 20.5 Å². The van der Waals surface area contributed by atoms with Crippen LogP contribution >= 0.6 is 24.1 Å². The minimum Gasteiger partial charge on any atom is -0.505 e. The summed E-state index contributed by atoms with van der Waals surface area (Å²) in [5.41, 5.74) is 5.33. The second-order valence-electron chi connectivity index (χ2n) is 8.94. The van der Waals surface area contributed by atoms with E-state index >= 15 is 0 Å². The van der Waals surface area contributed by atoms with Crippen molar-refractivity contribution in [1.82, 2.24) is 5.32 Å². The van der Waals surface area contributed by atoms with E-state index in [4.69, 9.17) is 16.2 Å². The van der Waals surface area contributed by atoms with Crippen molar-refractivity contribution in [3.8, 4) is 5.75 Å². The highest BCUT2D eigenvalue weighted by Crippen LogP contribution is 2.49. The highest BCUT2D eigenvalue weighted by Gasteiger charge is 2.26. The number of nitrogens with two attached hydrogens (primary N) is 1. The quantitative estimate of drug-likeness (QED) is 0.0194. The van der Waals surface area contributed by atoms with Crippen LogP contribution in [0.15, 0.2) is 94.6 Å². The molecule has 0 heterocycles. The molecule has 0 spiro atoms. The Hall–Kier alpha value is -3.82. The van der Waals surface area contributed by atoms with Crippen molar-refractivity contribution < 1.29 is 60.3 Å². The van der Waals surface area contributed by atoms with Crippen molar-refractivity contribution in [2.45, 2.75) is 26.1 Å². The molecule has 0 amide bonds. The molecule has 0 aromatic heterocycles. The van der Waals surface area contributed by atoms with Crippen molar-refractivity contribution in [2.75, 3.05) is 12.8 Å². The van der Waals surface area contributed by atoms with Gasteiger partial charge >= 0.3 is 0 Å². The molecule has 0 fully saturated rings. The molecule has 4 aromatic carbocycles. The Labute approximate surface area is 273 Å². The average molecular weight is 731 g/mol. The first-order chi connectivity index (χ1) is 22.3. The van der Waals surface area contributed by atoms with Gasteiger partial charge in [-0.1, -0.05) is 16.1 Å². The smallest absolute Gasteiger partial charge is 0.296 e. The number of rotatable bonds is 14. The molecule has 0 saturated carbocycles. The van der Waals surface area contributed by atoms with Gasteiger partial charge in [0.2, 0.25) is 0 Å². The van der Waals surface area contributed by atoms with Crippen LogP contribution < -0.4 is 11.1 Å². The normalized spacial score (nSPS) is 12.5. The Morgan fingerprint density at radius 2 is 1.45 bits per heavy atom. The van der Waals surface area contributed by atoms with Crippen LogP contribution in [0.1, 0.15) is 5.56 Å². The number of fused-ring (bicyclic) bond motifs is 1. The van der Waals surface area contributed by atoms with E-state index in [0.29, 0.717) is 34.5 Å². The van der Waals surface area contributed by atoms with Crippen molar-refractivity contribution in [3.05, 3.63) is 60.2 Å². The molecular formula is C24H22N6O13S4. The molecule has 19 nitrogen and oxygen atoms in total. The number of nitrogen functional groups attached to an aromatic ring is 1. The molecule has 0 bridgehead atoms. The van der Waals surface area contributed by atoms with Gasteiger partial charge in [-0.15, -0.1) is 24.0 Å². The van der Waals surface area contributed by atoms with Gasteiger partial charge in [0.1, 0.15) is 26.9 Å². The fourth-order valence-electron chi connectivity index (χ4n) is 4.02. The van der Waals surface area contributed by atoms with Crippen LogP contribution in [0.3, 0.4) is 0 Å². The number of hydrogen-bond acceptors (Lipinski definition) is 19. The lowest BCUT2D eigenvalue weighted by Gasteiger charge is -2.14. The zero-order valence-electron chi connectivity index (χ0n) is 23.4. The van der Waals surface area contributed by atoms with Gasteiger partial charge in [-0.25, -0.2) is 10.5 Å². The summed E-state index contributed by atoms with van der Waals surface area (Å²) in [6.07, 6.45) is 0. The van der Waals surface area contributed by atoms with E-state index in [1.54, 1.807) is 19.2 Å². The van der Waals surface area contributed by atoms with E-state index in [9.17, 15) is 31.0 Å². The molecule has 0 saturated heterocycles. The van der Waals surface area contributed by atoms with Gasteiger partial charge in [-0.05, 0) is 66.5 Å². The summed E-state index contributed by atoms with van der Waals surface area (Å²) < 4.78 is 77.4. The number of phenolic OH excluding ortho intramolecular Hbond substituents is 1. The minimum absolute atomic E-state index is 0.0111. The lowest BCUT2D eigenvalue weighted by molar-refractivity contribution is -0.432. The Morgan fingerprint density at radius 3 is 2.06 bits per heavy atom. The van der Waals surface area contributed by atoms with Gasteiger partial charge < -0.3 is 16.2 Å². The molecule has 0 aliphatic carbocycles. The summed E-state index contributed by atoms with van der Waals surface area (Å²) in [5, 5.41) is 53.5. The van der Waals surface area contributed by atoms with Gasteiger partial charge in [0.15, 0.2) is 5.75 Å². The van der Waals surface area contributed by atoms with Gasteiger partial charge in [0, 0.05) is 11.4 Å². The maximum absolute atomic E-state index is 12.4. The topological polar surface area (TPSA) is 294 Å². The zero-order valence-corrected chi connectivity index (χ0v) is 26.7. The second kappa shape index (κ2) is 15.4. The monoisotopic (exact) mass is 730 g/mol. The summed E-state index contributed by atoms with van der Waals surface area (Å²) in [4.78, 5) is -1.11. The summed E-state index contributed by atoms with van der Waals surface area (Å²) in [6, 6.07) is 11.9. The van der Waals surface area contributed by atoms with Gasteiger partial charge in [-0.3, -0.25) is 9.11 Å². The third-order valence-electron chi connectivity index (χ3n) is 5.95. The highest BCUT2D eigenvalue weighted by molar-refractivity contribution is 7.95. The molecule has 0 aliphatic rings. The zero-order chi connectivity index (χ0) is 34.4. The molecule has 8 N–H and O–H groups in total. The molecule has 0 unspecified atom stereocenters. The number of anilines is 1. The Bertz CT molecular complexity index is 2060. The predicted molar refractivity (Wildman–Crippen MR) is 165 cm³/mol. The van der Waals surface area contributed by atoms with Crippen LogP contribution in [0.2, 0.25) is 0 Å². The fraction of sp³-hybridized carbons (Fsp3) is 0.0833. The Morgan fingerprint density at radius 1 is 0.809 bits per heavy atom. The largest absolute Gasteiger partial charge is 0.505 e. The third-order valence-corrected chi connectivity index (χ3v) is 8.91. The maximum Gasteiger partial charge on any atom is 0.296 e. The fourth-order valence-corrected chi connectivity index (χ4v) is 6.22. The van der Waals surface area contributed by atoms with E-state index in [-0.39, 0.29) is 39.3 Å².